The predicted molar refractivity (Wildman–Crippen MR) is 66.2 cm³/mol. The maximum Gasteiger partial charge on any atom is 0.325 e. The summed E-state index contributed by atoms with van der Waals surface area (Å²) in [6.07, 6.45) is 3.67. The fourth-order valence-electron chi connectivity index (χ4n) is 2.54. The van der Waals surface area contributed by atoms with Crippen LogP contribution in [0.3, 0.4) is 0 Å². The lowest BCUT2D eigenvalue weighted by Crippen LogP contribution is -2.48. The van der Waals surface area contributed by atoms with Gasteiger partial charge in [-0.25, -0.2) is 4.79 Å². The number of nitrogens with one attached hydrogen (secondary N) is 1. The largest absolute Gasteiger partial charge is 0.394 e. The van der Waals surface area contributed by atoms with Gasteiger partial charge in [-0.05, 0) is 12.8 Å². The molecule has 2 fully saturated rings. The average molecular weight is 269 g/mol. The minimum absolute atomic E-state index is 0.0461. The van der Waals surface area contributed by atoms with E-state index in [2.05, 4.69) is 5.32 Å². The number of rotatable bonds is 3. The molecule has 0 bridgehead atoms. The minimum atomic E-state index is -0.520. The summed E-state index contributed by atoms with van der Waals surface area (Å²) in [4.78, 5) is 37.6. The van der Waals surface area contributed by atoms with Crippen LogP contribution in [-0.2, 0) is 9.59 Å². The second-order valence-corrected chi connectivity index (χ2v) is 4.91. The lowest BCUT2D eigenvalue weighted by Gasteiger charge is -2.29. The van der Waals surface area contributed by atoms with Crippen molar-refractivity contribution in [2.45, 2.75) is 31.7 Å². The van der Waals surface area contributed by atoms with Crippen molar-refractivity contribution < 1.29 is 19.5 Å². The van der Waals surface area contributed by atoms with Gasteiger partial charge in [0.15, 0.2) is 0 Å². The molecule has 0 saturated carbocycles. The van der Waals surface area contributed by atoms with Crippen LogP contribution in [-0.4, -0.2) is 65.0 Å². The minimum Gasteiger partial charge on any atom is -0.394 e. The third kappa shape index (κ3) is 3.04. The van der Waals surface area contributed by atoms with E-state index in [-0.39, 0.29) is 37.6 Å². The van der Waals surface area contributed by atoms with E-state index in [1.165, 1.54) is 0 Å². The highest BCUT2D eigenvalue weighted by Gasteiger charge is 2.33. The number of aliphatic hydroxyl groups is 1. The fraction of sp³-hybridized carbons (Fsp3) is 0.750. The molecule has 1 atom stereocenters. The zero-order valence-electron chi connectivity index (χ0n) is 10.8. The Morgan fingerprint density at radius 2 is 2.11 bits per heavy atom. The molecule has 2 rings (SSSR count). The molecule has 1 unspecified atom stereocenters. The van der Waals surface area contributed by atoms with E-state index in [0.29, 0.717) is 6.54 Å². The van der Waals surface area contributed by atoms with Crippen molar-refractivity contribution >= 4 is 17.8 Å². The molecule has 0 aromatic rings. The number of aliphatic hydroxyl groups excluding tert-OH is 1. The van der Waals surface area contributed by atoms with Gasteiger partial charge in [0.05, 0.1) is 19.2 Å². The normalized spacial score (nSPS) is 24.4. The van der Waals surface area contributed by atoms with Crippen molar-refractivity contribution in [3.63, 3.8) is 0 Å². The van der Waals surface area contributed by atoms with Gasteiger partial charge in [-0.1, -0.05) is 12.8 Å². The molecule has 0 aromatic heterocycles. The molecule has 106 valence electrons. The molecule has 7 heteroatoms. The number of amides is 4. The first-order valence-electron chi connectivity index (χ1n) is 6.62. The maximum absolute atomic E-state index is 12.2. The molecule has 2 heterocycles. The fourth-order valence-corrected chi connectivity index (χ4v) is 2.54. The Balaban J connectivity index is 2.00. The van der Waals surface area contributed by atoms with Crippen molar-refractivity contribution in [3.8, 4) is 0 Å². The predicted octanol–water partition coefficient (Wildman–Crippen LogP) is -0.698. The zero-order valence-corrected chi connectivity index (χ0v) is 10.8. The van der Waals surface area contributed by atoms with Crippen molar-refractivity contribution in [1.82, 2.24) is 15.1 Å². The molecule has 0 aliphatic carbocycles. The monoisotopic (exact) mass is 269 g/mol. The topological polar surface area (TPSA) is 90.0 Å². The second-order valence-electron chi connectivity index (χ2n) is 4.91. The molecule has 2 N–H and O–H groups in total. The molecular formula is C12H19N3O4. The van der Waals surface area contributed by atoms with Gasteiger partial charge in [0.25, 0.3) is 5.91 Å². The zero-order chi connectivity index (χ0) is 13.8. The number of hydrogen-bond acceptors (Lipinski definition) is 4. The van der Waals surface area contributed by atoms with E-state index in [0.717, 1.165) is 30.6 Å². The van der Waals surface area contributed by atoms with E-state index >= 15 is 0 Å². The Labute approximate surface area is 111 Å². The van der Waals surface area contributed by atoms with Gasteiger partial charge >= 0.3 is 6.03 Å². The van der Waals surface area contributed by atoms with Crippen molar-refractivity contribution in [1.29, 1.82) is 0 Å². The standard InChI is InChI=1S/C12H19N3O4/c16-8-9-4-2-1-3-5-14(9)11(18)7-15-10(17)6-13-12(15)19/h9,16H,1-8H2,(H,13,19). The van der Waals surface area contributed by atoms with Crippen LogP contribution in [0.15, 0.2) is 0 Å². The quantitative estimate of drug-likeness (QED) is 0.663. The molecule has 2 aliphatic heterocycles. The van der Waals surface area contributed by atoms with Crippen LogP contribution in [0, 0.1) is 0 Å². The average Bonchev–Trinajstić information content (AvgIpc) is 2.63. The van der Waals surface area contributed by atoms with E-state index in [9.17, 15) is 19.5 Å². The molecule has 0 spiro atoms. The second kappa shape index (κ2) is 6.01. The summed E-state index contributed by atoms with van der Waals surface area (Å²) >= 11 is 0. The summed E-state index contributed by atoms with van der Waals surface area (Å²) in [5.74, 6) is -0.653. The Bertz CT molecular complexity index is 369. The van der Waals surface area contributed by atoms with Crippen LogP contribution in [0.1, 0.15) is 25.7 Å². The first-order valence-corrected chi connectivity index (χ1v) is 6.62. The maximum atomic E-state index is 12.2. The van der Waals surface area contributed by atoms with Gasteiger partial charge in [-0.15, -0.1) is 0 Å². The first-order chi connectivity index (χ1) is 9.13. The molecule has 0 aromatic carbocycles. The molecule has 4 amide bonds. The Kier molecular flexibility index (Phi) is 4.36. The van der Waals surface area contributed by atoms with Gasteiger partial charge in [0.2, 0.25) is 5.91 Å². The third-order valence-corrected chi connectivity index (χ3v) is 3.64. The number of nitrogens with zero attached hydrogens (tertiary/aromatic N) is 2. The van der Waals surface area contributed by atoms with Gasteiger partial charge in [-0.3, -0.25) is 14.5 Å². The third-order valence-electron chi connectivity index (χ3n) is 3.64. The lowest BCUT2D eigenvalue weighted by molar-refractivity contribution is -0.138. The summed E-state index contributed by atoms with van der Waals surface area (Å²) in [5, 5.41) is 11.7. The van der Waals surface area contributed by atoms with E-state index in [1.807, 2.05) is 0 Å². The molecule has 2 saturated heterocycles. The first kappa shape index (κ1) is 13.8. The van der Waals surface area contributed by atoms with Crippen LogP contribution >= 0.6 is 0 Å². The summed E-state index contributed by atoms with van der Waals surface area (Å²) in [6, 6.07) is -0.718. The smallest absolute Gasteiger partial charge is 0.325 e. The van der Waals surface area contributed by atoms with E-state index < -0.39 is 6.03 Å². The Morgan fingerprint density at radius 3 is 2.74 bits per heavy atom. The van der Waals surface area contributed by atoms with Gasteiger partial charge in [0.1, 0.15) is 6.54 Å². The SMILES string of the molecule is O=C1CNC(=O)N1CC(=O)N1CCCCCC1CO. The number of likely N-dealkylation sites (tertiary alicyclic amines) is 1. The molecule has 0 radical (unpaired) electrons. The van der Waals surface area contributed by atoms with Crippen molar-refractivity contribution in [2.75, 3.05) is 26.2 Å². The van der Waals surface area contributed by atoms with Crippen LogP contribution in [0.2, 0.25) is 0 Å². The van der Waals surface area contributed by atoms with Crippen molar-refractivity contribution in [2.24, 2.45) is 0 Å². The van der Waals surface area contributed by atoms with E-state index in [4.69, 9.17) is 0 Å². The highest BCUT2D eigenvalue weighted by Crippen LogP contribution is 2.17. The number of hydrogen-bond donors (Lipinski definition) is 2. The lowest BCUT2D eigenvalue weighted by atomic mass is 10.1. The number of carbonyl (C=O) groups is 3. The number of carbonyl (C=O) groups excluding carboxylic acids is 3. The summed E-state index contributed by atoms with van der Waals surface area (Å²) in [5.41, 5.74) is 0. The van der Waals surface area contributed by atoms with Gasteiger partial charge in [-0.2, -0.15) is 0 Å². The highest BCUT2D eigenvalue weighted by molar-refractivity contribution is 6.04. The van der Waals surface area contributed by atoms with Crippen LogP contribution in [0.4, 0.5) is 4.79 Å². The van der Waals surface area contributed by atoms with Gasteiger partial charge < -0.3 is 15.3 Å². The molecule has 2 aliphatic rings. The number of imide groups is 1. The number of urea groups is 1. The van der Waals surface area contributed by atoms with Crippen LogP contribution in [0.5, 0.6) is 0 Å². The molecule has 7 nitrogen and oxygen atoms in total. The van der Waals surface area contributed by atoms with Crippen LogP contribution < -0.4 is 5.32 Å². The summed E-state index contributed by atoms with van der Waals surface area (Å²) < 4.78 is 0. The van der Waals surface area contributed by atoms with Crippen LogP contribution in [0.25, 0.3) is 0 Å². The Morgan fingerprint density at radius 1 is 1.32 bits per heavy atom. The van der Waals surface area contributed by atoms with Crippen molar-refractivity contribution in [3.05, 3.63) is 0 Å². The molecular weight excluding hydrogens is 250 g/mol. The summed E-state index contributed by atoms with van der Waals surface area (Å²) in [6.45, 7) is 0.219. The summed E-state index contributed by atoms with van der Waals surface area (Å²) in [7, 11) is 0. The van der Waals surface area contributed by atoms with Gasteiger partial charge in [0, 0.05) is 6.54 Å². The molecule has 19 heavy (non-hydrogen) atoms. The Hall–Kier alpha value is -1.63. The highest BCUT2D eigenvalue weighted by atomic mass is 16.3. The van der Waals surface area contributed by atoms with E-state index in [1.54, 1.807) is 4.90 Å².